The standard InChI is InChI=1S/C24H25N3O4S/c1-16(31-20-12-9-18(10-13-20)17-7-5-4-6-8-17)23(28)26-27-24(32)25-19-11-14-21(29-2)22(15-19)30-3/h4-16H,1-3H3,(H,26,28)(H2,25,27,32)/t16-/m1/s1. The van der Waals surface area contributed by atoms with Crippen molar-refractivity contribution in [1.82, 2.24) is 10.9 Å². The first kappa shape index (κ1) is 22.9. The van der Waals surface area contributed by atoms with E-state index in [0.717, 1.165) is 11.1 Å². The zero-order valence-electron chi connectivity index (χ0n) is 18.0. The number of hydrogen-bond donors (Lipinski definition) is 3. The highest BCUT2D eigenvalue weighted by Gasteiger charge is 2.15. The molecule has 0 heterocycles. The first-order valence-corrected chi connectivity index (χ1v) is 10.3. The van der Waals surface area contributed by atoms with Gasteiger partial charge in [-0.1, -0.05) is 42.5 Å². The molecule has 0 fully saturated rings. The molecular formula is C24H25N3O4S. The van der Waals surface area contributed by atoms with Gasteiger partial charge >= 0.3 is 0 Å². The normalized spacial score (nSPS) is 11.1. The number of carbonyl (C=O) groups excluding carboxylic acids is 1. The maximum atomic E-state index is 12.4. The van der Waals surface area contributed by atoms with Crippen LogP contribution in [0.25, 0.3) is 11.1 Å². The minimum Gasteiger partial charge on any atom is -0.493 e. The van der Waals surface area contributed by atoms with Gasteiger partial charge in [-0.3, -0.25) is 15.6 Å². The number of rotatable bonds is 7. The van der Waals surface area contributed by atoms with E-state index in [0.29, 0.717) is 22.9 Å². The summed E-state index contributed by atoms with van der Waals surface area (Å²) in [7, 11) is 3.11. The van der Waals surface area contributed by atoms with E-state index in [1.165, 1.54) is 0 Å². The van der Waals surface area contributed by atoms with Gasteiger partial charge in [-0.05, 0) is 54.5 Å². The number of thiocarbonyl (C=S) groups is 1. The van der Waals surface area contributed by atoms with Crippen LogP contribution in [0.2, 0.25) is 0 Å². The smallest absolute Gasteiger partial charge is 0.279 e. The number of anilines is 1. The Balaban J connectivity index is 1.48. The average molecular weight is 452 g/mol. The Morgan fingerprint density at radius 2 is 1.50 bits per heavy atom. The molecule has 3 N–H and O–H groups in total. The number of benzene rings is 3. The third-order valence-electron chi connectivity index (χ3n) is 4.58. The summed E-state index contributed by atoms with van der Waals surface area (Å²) in [5.41, 5.74) is 8.07. The molecular weight excluding hydrogens is 426 g/mol. The fourth-order valence-corrected chi connectivity index (χ4v) is 3.08. The number of hydrazine groups is 1. The van der Waals surface area contributed by atoms with Gasteiger partial charge in [0, 0.05) is 11.8 Å². The molecule has 0 bridgehead atoms. The van der Waals surface area contributed by atoms with E-state index in [4.69, 9.17) is 26.4 Å². The Morgan fingerprint density at radius 1 is 0.844 bits per heavy atom. The van der Waals surface area contributed by atoms with Crippen molar-refractivity contribution in [3.8, 4) is 28.4 Å². The molecule has 8 heteroatoms. The largest absolute Gasteiger partial charge is 0.493 e. The first-order chi connectivity index (χ1) is 15.5. The SMILES string of the molecule is COc1ccc(NC(=S)NNC(=O)[C@@H](C)Oc2ccc(-c3ccccc3)cc2)cc1OC. The maximum Gasteiger partial charge on any atom is 0.279 e. The van der Waals surface area contributed by atoms with Gasteiger partial charge in [0.1, 0.15) is 5.75 Å². The van der Waals surface area contributed by atoms with E-state index in [-0.39, 0.29) is 11.0 Å². The van der Waals surface area contributed by atoms with E-state index in [1.54, 1.807) is 39.3 Å². The van der Waals surface area contributed by atoms with Gasteiger partial charge in [0.25, 0.3) is 5.91 Å². The van der Waals surface area contributed by atoms with Crippen molar-refractivity contribution < 1.29 is 19.0 Å². The molecule has 3 rings (SSSR count). The molecule has 1 amide bonds. The van der Waals surface area contributed by atoms with Gasteiger partial charge in [0.05, 0.1) is 14.2 Å². The second-order valence-electron chi connectivity index (χ2n) is 6.79. The molecule has 166 valence electrons. The summed E-state index contributed by atoms with van der Waals surface area (Å²) in [4.78, 5) is 12.4. The molecule has 1 atom stereocenters. The van der Waals surface area contributed by atoms with Crippen LogP contribution in [0.5, 0.6) is 17.2 Å². The summed E-state index contributed by atoms with van der Waals surface area (Å²) in [5.74, 6) is 1.39. The van der Waals surface area contributed by atoms with Gasteiger partial charge in [-0.15, -0.1) is 0 Å². The van der Waals surface area contributed by atoms with Crippen LogP contribution in [0.15, 0.2) is 72.8 Å². The minimum absolute atomic E-state index is 0.213. The molecule has 7 nitrogen and oxygen atoms in total. The van der Waals surface area contributed by atoms with Crippen LogP contribution in [0.4, 0.5) is 5.69 Å². The monoisotopic (exact) mass is 451 g/mol. The van der Waals surface area contributed by atoms with Crippen molar-refractivity contribution in [2.45, 2.75) is 13.0 Å². The van der Waals surface area contributed by atoms with Gasteiger partial charge < -0.3 is 19.5 Å². The lowest BCUT2D eigenvalue weighted by Crippen LogP contribution is -2.48. The highest BCUT2D eigenvalue weighted by atomic mass is 32.1. The third-order valence-corrected chi connectivity index (χ3v) is 4.79. The summed E-state index contributed by atoms with van der Waals surface area (Å²) in [6.45, 7) is 1.66. The average Bonchev–Trinajstić information content (AvgIpc) is 2.83. The van der Waals surface area contributed by atoms with E-state index in [2.05, 4.69) is 16.2 Å². The highest BCUT2D eigenvalue weighted by Crippen LogP contribution is 2.29. The Bertz CT molecular complexity index is 1060. The lowest BCUT2D eigenvalue weighted by molar-refractivity contribution is -0.127. The second-order valence-corrected chi connectivity index (χ2v) is 7.20. The van der Waals surface area contributed by atoms with Crippen LogP contribution in [0, 0.1) is 0 Å². The molecule has 32 heavy (non-hydrogen) atoms. The summed E-state index contributed by atoms with van der Waals surface area (Å²) in [5, 5.41) is 3.18. The fourth-order valence-electron chi connectivity index (χ4n) is 2.91. The topological polar surface area (TPSA) is 80.9 Å². The number of amides is 1. The van der Waals surface area contributed by atoms with Gasteiger partial charge in [-0.25, -0.2) is 0 Å². The number of methoxy groups -OCH3 is 2. The van der Waals surface area contributed by atoms with E-state index in [1.807, 2.05) is 54.6 Å². The Hall–Kier alpha value is -3.78. The quantitative estimate of drug-likeness (QED) is 0.368. The number of carbonyl (C=O) groups is 1. The lowest BCUT2D eigenvalue weighted by Gasteiger charge is -2.17. The van der Waals surface area contributed by atoms with Crippen LogP contribution in [-0.4, -0.2) is 31.3 Å². The highest BCUT2D eigenvalue weighted by molar-refractivity contribution is 7.80. The van der Waals surface area contributed by atoms with Gasteiger partial charge in [-0.2, -0.15) is 0 Å². The van der Waals surface area contributed by atoms with Crippen LogP contribution in [0.1, 0.15) is 6.92 Å². The molecule has 0 aliphatic carbocycles. The van der Waals surface area contributed by atoms with Crippen molar-refractivity contribution in [3.63, 3.8) is 0 Å². The first-order valence-electron chi connectivity index (χ1n) is 9.91. The molecule has 0 unspecified atom stereocenters. The van der Waals surface area contributed by atoms with Gasteiger partial charge in [0.15, 0.2) is 22.7 Å². The number of hydrogen-bond acceptors (Lipinski definition) is 5. The molecule has 0 aliphatic heterocycles. The van der Waals surface area contributed by atoms with Crippen LogP contribution in [-0.2, 0) is 4.79 Å². The van der Waals surface area contributed by atoms with Crippen molar-refractivity contribution in [2.75, 3.05) is 19.5 Å². The maximum absolute atomic E-state index is 12.4. The van der Waals surface area contributed by atoms with Gasteiger partial charge in [0.2, 0.25) is 0 Å². The van der Waals surface area contributed by atoms with Crippen LogP contribution in [0.3, 0.4) is 0 Å². The predicted octanol–water partition coefficient (Wildman–Crippen LogP) is 4.16. The van der Waals surface area contributed by atoms with E-state index < -0.39 is 6.10 Å². The number of ether oxygens (including phenoxy) is 3. The molecule has 3 aromatic rings. The molecule has 0 aliphatic rings. The second kappa shape index (κ2) is 11.0. The molecule has 0 aromatic heterocycles. The Kier molecular flexibility index (Phi) is 7.88. The third kappa shape index (κ3) is 6.12. The van der Waals surface area contributed by atoms with Crippen molar-refractivity contribution in [2.24, 2.45) is 0 Å². The summed E-state index contributed by atoms with van der Waals surface area (Å²) < 4.78 is 16.2. The zero-order valence-corrected chi connectivity index (χ0v) is 18.9. The van der Waals surface area contributed by atoms with Crippen molar-refractivity contribution in [1.29, 1.82) is 0 Å². The Labute approximate surface area is 192 Å². The van der Waals surface area contributed by atoms with Crippen LogP contribution < -0.4 is 30.4 Å². The molecule has 0 spiro atoms. The predicted molar refractivity (Wildman–Crippen MR) is 129 cm³/mol. The summed E-state index contributed by atoms with van der Waals surface area (Å²) in [6, 6.07) is 22.9. The molecule has 0 saturated carbocycles. The van der Waals surface area contributed by atoms with Crippen molar-refractivity contribution in [3.05, 3.63) is 72.8 Å². The number of nitrogens with one attached hydrogen (secondary N) is 3. The molecule has 0 saturated heterocycles. The minimum atomic E-state index is -0.728. The van der Waals surface area contributed by atoms with Crippen molar-refractivity contribution >= 4 is 28.9 Å². The molecule has 0 radical (unpaired) electrons. The van der Waals surface area contributed by atoms with Crippen LogP contribution >= 0.6 is 12.2 Å². The van der Waals surface area contributed by atoms with E-state index >= 15 is 0 Å². The summed E-state index contributed by atoms with van der Waals surface area (Å²) in [6.07, 6.45) is -0.728. The fraction of sp³-hybridized carbons (Fsp3) is 0.167. The zero-order chi connectivity index (χ0) is 22.9. The van der Waals surface area contributed by atoms with E-state index in [9.17, 15) is 4.79 Å². The summed E-state index contributed by atoms with van der Waals surface area (Å²) >= 11 is 5.22. The Morgan fingerprint density at radius 3 is 2.16 bits per heavy atom. The lowest BCUT2D eigenvalue weighted by atomic mass is 10.1. The molecule has 3 aromatic carbocycles.